The Kier molecular flexibility index (Phi) is 2.69. The SMILES string of the molecule is CC(C)(I)c1cc2cc(C(=O)O)ccc2o1. The number of hydrogen-bond acceptors (Lipinski definition) is 2. The molecule has 0 aliphatic carbocycles. The average Bonchev–Trinajstić information content (AvgIpc) is 2.58. The van der Waals surface area contributed by atoms with Crippen molar-refractivity contribution in [2.75, 3.05) is 0 Å². The minimum atomic E-state index is -0.918. The van der Waals surface area contributed by atoms with Crippen LogP contribution >= 0.6 is 22.6 Å². The Hall–Kier alpha value is -1.04. The number of halogens is 1. The van der Waals surface area contributed by atoms with Crippen LogP contribution in [0.2, 0.25) is 0 Å². The lowest BCUT2D eigenvalue weighted by molar-refractivity contribution is 0.0697. The maximum atomic E-state index is 10.8. The van der Waals surface area contributed by atoms with Gasteiger partial charge in [-0.3, -0.25) is 0 Å². The van der Waals surface area contributed by atoms with E-state index in [9.17, 15) is 4.79 Å². The van der Waals surface area contributed by atoms with E-state index in [2.05, 4.69) is 22.6 Å². The lowest BCUT2D eigenvalue weighted by atomic mass is 10.1. The molecule has 0 unspecified atom stereocenters. The molecule has 0 bridgehead atoms. The molecule has 0 fully saturated rings. The highest BCUT2D eigenvalue weighted by Crippen LogP contribution is 2.34. The molecule has 4 heteroatoms. The van der Waals surface area contributed by atoms with Gasteiger partial charge in [0.05, 0.1) is 8.99 Å². The molecule has 84 valence electrons. The number of rotatable bonds is 2. The maximum Gasteiger partial charge on any atom is 0.335 e. The van der Waals surface area contributed by atoms with Crippen LogP contribution in [0.25, 0.3) is 11.0 Å². The zero-order chi connectivity index (χ0) is 11.9. The summed E-state index contributed by atoms with van der Waals surface area (Å²) in [6.45, 7) is 4.09. The van der Waals surface area contributed by atoms with Gasteiger partial charge in [0.1, 0.15) is 11.3 Å². The number of alkyl halides is 1. The van der Waals surface area contributed by atoms with Crippen molar-refractivity contribution >= 4 is 39.5 Å². The van der Waals surface area contributed by atoms with Crippen molar-refractivity contribution in [2.24, 2.45) is 0 Å². The molecule has 0 spiro atoms. The quantitative estimate of drug-likeness (QED) is 0.673. The zero-order valence-corrected chi connectivity index (χ0v) is 11.1. The molecular formula is C12H11IO3. The number of aromatic carboxylic acids is 1. The zero-order valence-electron chi connectivity index (χ0n) is 8.95. The number of hydrogen-bond donors (Lipinski definition) is 1. The predicted molar refractivity (Wildman–Crippen MR) is 70.2 cm³/mol. The van der Waals surface area contributed by atoms with Gasteiger partial charge in [0.15, 0.2) is 0 Å². The van der Waals surface area contributed by atoms with Gasteiger partial charge in [-0.25, -0.2) is 4.79 Å². The third-order valence-corrected chi connectivity index (χ3v) is 2.88. The molecule has 1 aromatic heterocycles. The highest BCUT2D eigenvalue weighted by Gasteiger charge is 2.21. The summed E-state index contributed by atoms with van der Waals surface area (Å²) in [7, 11) is 0. The molecule has 16 heavy (non-hydrogen) atoms. The number of benzene rings is 1. The fraction of sp³-hybridized carbons (Fsp3) is 0.250. The fourth-order valence-electron chi connectivity index (χ4n) is 1.47. The van der Waals surface area contributed by atoms with Crippen molar-refractivity contribution in [1.29, 1.82) is 0 Å². The molecule has 0 atom stereocenters. The molecule has 1 N–H and O–H groups in total. The molecule has 2 aromatic rings. The summed E-state index contributed by atoms with van der Waals surface area (Å²) in [5, 5.41) is 9.71. The van der Waals surface area contributed by atoms with Gasteiger partial charge in [0, 0.05) is 5.39 Å². The van der Waals surface area contributed by atoms with Crippen LogP contribution in [0.15, 0.2) is 28.7 Å². The highest BCUT2D eigenvalue weighted by atomic mass is 127. The van der Waals surface area contributed by atoms with E-state index in [0.29, 0.717) is 0 Å². The first kappa shape index (κ1) is 11.4. The largest absolute Gasteiger partial charge is 0.478 e. The van der Waals surface area contributed by atoms with Gasteiger partial charge >= 0.3 is 5.97 Å². The smallest absolute Gasteiger partial charge is 0.335 e. The Bertz CT molecular complexity index is 549. The third-order valence-electron chi connectivity index (χ3n) is 2.35. The van der Waals surface area contributed by atoms with Gasteiger partial charge in [-0.05, 0) is 38.1 Å². The second kappa shape index (κ2) is 3.76. The summed E-state index contributed by atoms with van der Waals surface area (Å²) >= 11 is 2.29. The van der Waals surface area contributed by atoms with Crippen molar-refractivity contribution in [3.05, 3.63) is 35.6 Å². The van der Waals surface area contributed by atoms with Crippen LogP contribution in [-0.4, -0.2) is 11.1 Å². The lowest BCUT2D eigenvalue weighted by Gasteiger charge is -2.11. The van der Waals surface area contributed by atoms with E-state index in [-0.39, 0.29) is 8.99 Å². The summed E-state index contributed by atoms with van der Waals surface area (Å²) in [6.07, 6.45) is 0. The summed E-state index contributed by atoms with van der Waals surface area (Å²) in [6, 6.07) is 6.78. The molecule has 2 rings (SSSR count). The van der Waals surface area contributed by atoms with Crippen molar-refractivity contribution in [3.63, 3.8) is 0 Å². The van der Waals surface area contributed by atoms with Gasteiger partial charge in [0.25, 0.3) is 0 Å². The molecule has 1 aromatic carbocycles. The van der Waals surface area contributed by atoms with Crippen LogP contribution < -0.4 is 0 Å². The van der Waals surface area contributed by atoms with Gasteiger partial charge < -0.3 is 9.52 Å². The van der Waals surface area contributed by atoms with Gasteiger partial charge in [-0.2, -0.15) is 0 Å². The van der Waals surface area contributed by atoms with Crippen LogP contribution in [0, 0.1) is 0 Å². The van der Waals surface area contributed by atoms with Gasteiger partial charge in [-0.1, -0.05) is 22.6 Å². The van der Waals surface area contributed by atoms with Gasteiger partial charge in [-0.15, -0.1) is 0 Å². The molecular weight excluding hydrogens is 319 g/mol. The number of carboxylic acid groups (broad SMARTS) is 1. The van der Waals surface area contributed by atoms with E-state index in [1.54, 1.807) is 18.2 Å². The predicted octanol–water partition coefficient (Wildman–Crippen LogP) is 3.80. The van der Waals surface area contributed by atoms with Crippen molar-refractivity contribution < 1.29 is 14.3 Å². The number of carbonyl (C=O) groups is 1. The topological polar surface area (TPSA) is 50.4 Å². The van der Waals surface area contributed by atoms with Crippen LogP contribution in [0.1, 0.15) is 30.0 Å². The second-order valence-electron chi connectivity index (χ2n) is 4.14. The van der Waals surface area contributed by atoms with E-state index in [1.807, 2.05) is 19.9 Å². The number of furan rings is 1. The molecule has 0 aliphatic heterocycles. The normalized spacial score (nSPS) is 11.9. The molecule has 0 radical (unpaired) electrons. The standard InChI is InChI=1S/C12H11IO3/c1-12(2,13)10-6-8-5-7(11(14)15)3-4-9(8)16-10/h3-6H,1-2H3,(H,14,15). The molecule has 0 amide bonds. The highest BCUT2D eigenvalue weighted by molar-refractivity contribution is 14.1. The molecule has 1 heterocycles. The first-order valence-corrected chi connectivity index (χ1v) is 5.92. The number of carboxylic acids is 1. The Morgan fingerprint density at radius 3 is 2.62 bits per heavy atom. The third kappa shape index (κ3) is 2.07. The second-order valence-corrected chi connectivity index (χ2v) is 6.84. The molecule has 3 nitrogen and oxygen atoms in total. The maximum absolute atomic E-state index is 10.8. The van der Waals surface area contributed by atoms with Crippen LogP contribution in [0.3, 0.4) is 0 Å². The van der Waals surface area contributed by atoms with Gasteiger partial charge in [0.2, 0.25) is 0 Å². The van der Waals surface area contributed by atoms with E-state index in [1.165, 1.54) is 0 Å². The van der Waals surface area contributed by atoms with Crippen LogP contribution in [-0.2, 0) is 3.42 Å². The average molecular weight is 330 g/mol. The summed E-state index contributed by atoms with van der Waals surface area (Å²) in [5.74, 6) is -0.0657. The Morgan fingerprint density at radius 2 is 2.06 bits per heavy atom. The fourth-order valence-corrected chi connectivity index (χ4v) is 1.74. The van der Waals surface area contributed by atoms with Crippen molar-refractivity contribution in [1.82, 2.24) is 0 Å². The molecule has 0 saturated carbocycles. The minimum Gasteiger partial charge on any atom is -0.478 e. The first-order valence-electron chi connectivity index (χ1n) is 4.84. The van der Waals surface area contributed by atoms with E-state index in [4.69, 9.17) is 9.52 Å². The molecule has 0 aliphatic rings. The Labute approximate surface area is 107 Å². The minimum absolute atomic E-state index is 0.0971. The first-order chi connectivity index (χ1) is 7.38. The Morgan fingerprint density at radius 1 is 1.38 bits per heavy atom. The van der Waals surface area contributed by atoms with E-state index < -0.39 is 5.97 Å². The van der Waals surface area contributed by atoms with Crippen molar-refractivity contribution in [3.8, 4) is 0 Å². The lowest BCUT2D eigenvalue weighted by Crippen LogP contribution is -2.03. The van der Waals surface area contributed by atoms with E-state index in [0.717, 1.165) is 16.7 Å². The van der Waals surface area contributed by atoms with Crippen LogP contribution in [0.5, 0.6) is 0 Å². The van der Waals surface area contributed by atoms with Crippen LogP contribution in [0.4, 0.5) is 0 Å². The Balaban J connectivity index is 2.59. The molecule has 0 saturated heterocycles. The monoisotopic (exact) mass is 330 g/mol. The van der Waals surface area contributed by atoms with E-state index >= 15 is 0 Å². The summed E-state index contributed by atoms with van der Waals surface area (Å²) < 4.78 is 5.57. The van der Waals surface area contributed by atoms with Crippen molar-refractivity contribution in [2.45, 2.75) is 17.3 Å². The number of fused-ring (bicyclic) bond motifs is 1. The summed E-state index contributed by atoms with van der Waals surface area (Å²) in [5.41, 5.74) is 1.01. The summed E-state index contributed by atoms with van der Waals surface area (Å²) in [4.78, 5) is 10.8.